The summed E-state index contributed by atoms with van der Waals surface area (Å²) >= 11 is 1.82. The standard InChI is InChI=1S/C19H25N3O2S.HI/c1-20-19(21-11-12-25-17-7-5-4-6-8-17)22-14-15-9-10-16(23-2)13-18(15)24-3;/h4-10,13H,11-12,14H2,1-3H3,(H2,20,21,22);1H. The Balaban J connectivity index is 0.00000338. The third-order valence-electron chi connectivity index (χ3n) is 3.57. The zero-order valence-electron chi connectivity index (χ0n) is 15.3. The predicted molar refractivity (Wildman–Crippen MR) is 120 cm³/mol. The fraction of sp³-hybridized carbons (Fsp3) is 0.316. The van der Waals surface area contributed by atoms with Gasteiger partial charge in [0.15, 0.2) is 5.96 Å². The molecule has 0 atom stereocenters. The Hall–Kier alpha value is -1.61. The number of methoxy groups -OCH3 is 2. The Labute approximate surface area is 177 Å². The molecule has 0 spiro atoms. The Bertz CT molecular complexity index is 684. The quantitative estimate of drug-likeness (QED) is 0.195. The molecule has 0 aromatic heterocycles. The highest BCUT2D eigenvalue weighted by atomic mass is 127. The van der Waals surface area contributed by atoms with Gasteiger partial charge in [0.25, 0.3) is 0 Å². The molecule has 7 heteroatoms. The van der Waals surface area contributed by atoms with Crippen LogP contribution in [-0.4, -0.2) is 39.5 Å². The zero-order chi connectivity index (χ0) is 17.9. The minimum atomic E-state index is 0. The second kappa shape index (κ2) is 12.7. The van der Waals surface area contributed by atoms with Crippen LogP contribution >= 0.6 is 35.7 Å². The number of nitrogens with zero attached hydrogens (tertiary/aromatic N) is 1. The summed E-state index contributed by atoms with van der Waals surface area (Å²) < 4.78 is 10.6. The highest BCUT2D eigenvalue weighted by molar-refractivity contribution is 14.0. The summed E-state index contributed by atoms with van der Waals surface area (Å²) in [6.07, 6.45) is 0. The summed E-state index contributed by atoms with van der Waals surface area (Å²) in [6.45, 7) is 1.46. The van der Waals surface area contributed by atoms with Crippen molar-refractivity contribution >= 4 is 41.7 Å². The van der Waals surface area contributed by atoms with Gasteiger partial charge in [-0.05, 0) is 24.3 Å². The maximum Gasteiger partial charge on any atom is 0.191 e. The van der Waals surface area contributed by atoms with Crippen molar-refractivity contribution in [1.82, 2.24) is 10.6 Å². The lowest BCUT2D eigenvalue weighted by Crippen LogP contribution is -2.38. The van der Waals surface area contributed by atoms with Crippen LogP contribution in [0.3, 0.4) is 0 Å². The van der Waals surface area contributed by atoms with E-state index in [9.17, 15) is 0 Å². The van der Waals surface area contributed by atoms with E-state index in [0.29, 0.717) is 6.54 Å². The summed E-state index contributed by atoms with van der Waals surface area (Å²) in [5.41, 5.74) is 1.05. The summed E-state index contributed by atoms with van der Waals surface area (Å²) in [7, 11) is 5.07. The average Bonchev–Trinajstić information content (AvgIpc) is 2.68. The van der Waals surface area contributed by atoms with E-state index in [1.165, 1.54) is 4.90 Å². The highest BCUT2D eigenvalue weighted by Crippen LogP contribution is 2.24. The van der Waals surface area contributed by atoms with E-state index >= 15 is 0 Å². The Morgan fingerprint density at radius 1 is 1.04 bits per heavy atom. The van der Waals surface area contributed by atoms with Gasteiger partial charge in [-0.1, -0.05) is 18.2 Å². The largest absolute Gasteiger partial charge is 0.497 e. The minimum Gasteiger partial charge on any atom is -0.497 e. The van der Waals surface area contributed by atoms with Gasteiger partial charge < -0.3 is 20.1 Å². The van der Waals surface area contributed by atoms with Crippen LogP contribution in [0.5, 0.6) is 11.5 Å². The predicted octanol–water partition coefficient (Wildman–Crippen LogP) is 3.78. The van der Waals surface area contributed by atoms with Gasteiger partial charge in [-0.15, -0.1) is 35.7 Å². The molecule has 0 aliphatic carbocycles. The van der Waals surface area contributed by atoms with Crippen LogP contribution in [0.4, 0.5) is 0 Å². The molecule has 26 heavy (non-hydrogen) atoms. The molecule has 2 aromatic carbocycles. The molecule has 0 fully saturated rings. The van der Waals surface area contributed by atoms with Crippen molar-refractivity contribution in [1.29, 1.82) is 0 Å². The zero-order valence-corrected chi connectivity index (χ0v) is 18.5. The fourth-order valence-corrected chi connectivity index (χ4v) is 3.04. The van der Waals surface area contributed by atoms with Gasteiger partial charge in [0.1, 0.15) is 11.5 Å². The van der Waals surface area contributed by atoms with Crippen molar-refractivity contribution in [2.45, 2.75) is 11.4 Å². The molecule has 0 heterocycles. The Morgan fingerprint density at radius 2 is 1.81 bits per heavy atom. The summed E-state index contributed by atoms with van der Waals surface area (Å²) in [5.74, 6) is 3.31. The second-order valence-electron chi connectivity index (χ2n) is 5.19. The van der Waals surface area contributed by atoms with Gasteiger partial charge in [-0.3, -0.25) is 4.99 Å². The fourth-order valence-electron chi connectivity index (χ4n) is 2.25. The van der Waals surface area contributed by atoms with E-state index in [4.69, 9.17) is 9.47 Å². The molecule has 5 nitrogen and oxygen atoms in total. The van der Waals surface area contributed by atoms with Crippen LogP contribution in [0.25, 0.3) is 0 Å². The van der Waals surface area contributed by atoms with E-state index in [1.807, 2.05) is 36.0 Å². The van der Waals surface area contributed by atoms with E-state index in [0.717, 1.165) is 35.3 Å². The second-order valence-corrected chi connectivity index (χ2v) is 6.36. The summed E-state index contributed by atoms with van der Waals surface area (Å²) in [5, 5.41) is 6.63. The van der Waals surface area contributed by atoms with Crippen molar-refractivity contribution in [3.05, 3.63) is 54.1 Å². The van der Waals surface area contributed by atoms with Crippen LogP contribution in [0.1, 0.15) is 5.56 Å². The van der Waals surface area contributed by atoms with Gasteiger partial charge >= 0.3 is 0 Å². The number of hydrogen-bond donors (Lipinski definition) is 2. The number of ether oxygens (including phenoxy) is 2. The van der Waals surface area contributed by atoms with Crippen molar-refractivity contribution in [3.8, 4) is 11.5 Å². The number of benzene rings is 2. The van der Waals surface area contributed by atoms with E-state index in [1.54, 1.807) is 21.3 Å². The van der Waals surface area contributed by atoms with Gasteiger partial charge in [-0.2, -0.15) is 0 Å². The van der Waals surface area contributed by atoms with Crippen LogP contribution in [0, 0.1) is 0 Å². The molecule has 0 saturated heterocycles. The molecule has 0 aliphatic heterocycles. The van der Waals surface area contributed by atoms with E-state index in [-0.39, 0.29) is 24.0 Å². The van der Waals surface area contributed by atoms with Crippen molar-refractivity contribution < 1.29 is 9.47 Å². The summed E-state index contributed by atoms with van der Waals surface area (Å²) in [4.78, 5) is 5.53. The molecule has 0 unspecified atom stereocenters. The number of hydrogen-bond acceptors (Lipinski definition) is 4. The molecule has 0 aliphatic rings. The molecular weight excluding hydrogens is 461 g/mol. The van der Waals surface area contributed by atoms with Crippen LogP contribution in [0.15, 0.2) is 58.4 Å². The van der Waals surface area contributed by atoms with Crippen molar-refractivity contribution in [2.75, 3.05) is 33.6 Å². The lowest BCUT2D eigenvalue weighted by Gasteiger charge is -2.14. The first-order valence-corrected chi connectivity index (χ1v) is 9.08. The highest BCUT2D eigenvalue weighted by Gasteiger charge is 2.06. The molecule has 0 saturated carbocycles. The number of halogens is 1. The van der Waals surface area contributed by atoms with Crippen LogP contribution < -0.4 is 20.1 Å². The molecular formula is C19H26IN3O2S. The maximum atomic E-state index is 5.42. The molecule has 142 valence electrons. The number of nitrogens with one attached hydrogen (secondary N) is 2. The maximum absolute atomic E-state index is 5.42. The van der Waals surface area contributed by atoms with E-state index < -0.39 is 0 Å². The van der Waals surface area contributed by atoms with Gasteiger partial charge in [0.2, 0.25) is 0 Å². The summed E-state index contributed by atoms with van der Waals surface area (Å²) in [6, 6.07) is 16.2. The third kappa shape index (κ3) is 7.33. The number of guanidine groups is 1. The first-order valence-electron chi connectivity index (χ1n) is 8.10. The smallest absolute Gasteiger partial charge is 0.191 e. The molecule has 0 amide bonds. The monoisotopic (exact) mass is 487 g/mol. The first-order chi connectivity index (χ1) is 12.3. The van der Waals surface area contributed by atoms with E-state index in [2.05, 4.69) is 39.9 Å². The third-order valence-corrected chi connectivity index (χ3v) is 4.58. The molecule has 2 N–H and O–H groups in total. The van der Waals surface area contributed by atoms with Crippen LogP contribution in [0.2, 0.25) is 0 Å². The van der Waals surface area contributed by atoms with Gasteiger partial charge in [0, 0.05) is 42.4 Å². The number of aliphatic imine (C=N–C) groups is 1. The number of rotatable bonds is 8. The van der Waals surface area contributed by atoms with Gasteiger partial charge in [0.05, 0.1) is 14.2 Å². The topological polar surface area (TPSA) is 54.9 Å². The van der Waals surface area contributed by atoms with Gasteiger partial charge in [-0.25, -0.2) is 0 Å². The Kier molecular flexibility index (Phi) is 11.0. The SMILES string of the molecule is CN=C(NCCSc1ccccc1)NCc1ccc(OC)cc1OC.I. The van der Waals surface area contributed by atoms with Crippen LogP contribution in [-0.2, 0) is 6.54 Å². The lowest BCUT2D eigenvalue weighted by molar-refractivity contribution is 0.390. The Morgan fingerprint density at radius 3 is 2.46 bits per heavy atom. The normalized spacial score (nSPS) is 10.7. The lowest BCUT2D eigenvalue weighted by atomic mass is 10.2. The van der Waals surface area contributed by atoms with Crippen molar-refractivity contribution in [3.63, 3.8) is 0 Å². The first kappa shape index (κ1) is 22.4. The van der Waals surface area contributed by atoms with Crippen molar-refractivity contribution in [2.24, 2.45) is 4.99 Å². The molecule has 0 radical (unpaired) electrons. The molecule has 0 bridgehead atoms. The minimum absolute atomic E-state index is 0. The molecule has 2 rings (SSSR count). The number of thioether (sulfide) groups is 1. The molecule has 2 aromatic rings. The average molecular weight is 487 g/mol.